The molecule has 0 aliphatic heterocycles. The summed E-state index contributed by atoms with van der Waals surface area (Å²) in [5.74, 6) is 2.00. The number of anilines is 1. The summed E-state index contributed by atoms with van der Waals surface area (Å²) in [6.07, 6.45) is 1.76. The molecule has 0 fully saturated rings. The number of methoxy groups -OCH3 is 1. The van der Waals surface area contributed by atoms with Crippen molar-refractivity contribution in [3.63, 3.8) is 0 Å². The second-order valence-electron chi connectivity index (χ2n) is 4.36. The van der Waals surface area contributed by atoms with Gasteiger partial charge >= 0.3 is 0 Å². The Bertz CT molecular complexity index is 756. The molecule has 1 aromatic heterocycles. The van der Waals surface area contributed by atoms with Gasteiger partial charge in [-0.05, 0) is 30.3 Å². The van der Waals surface area contributed by atoms with E-state index in [1.807, 2.05) is 30.3 Å². The number of rotatable bonds is 3. The van der Waals surface area contributed by atoms with E-state index >= 15 is 0 Å². The van der Waals surface area contributed by atoms with Crippen LogP contribution in [0.5, 0.6) is 17.2 Å². The van der Waals surface area contributed by atoms with Crippen LogP contribution in [0.4, 0.5) is 5.69 Å². The first-order valence-corrected chi connectivity index (χ1v) is 6.22. The molecule has 0 atom stereocenters. The smallest absolute Gasteiger partial charge is 0.145 e. The Balaban J connectivity index is 1.92. The van der Waals surface area contributed by atoms with Crippen LogP contribution >= 0.6 is 0 Å². The van der Waals surface area contributed by atoms with E-state index in [0.29, 0.717) is 17.2 Å². The van der Waals surface area contributed by atoms with Crippen LogP contribution in [0, 0.1) is 0 Å². The van der Waals surface area contributed by atoms with Crippen molar-refractivity contribution in [2.24, 2.45) is 0 Å². The number of ether oxygens (including phenoxy) is 2. The van der Waals surface area contributed by atoms with Crippen LogP contribution < -0.4 is 15.2 Å². The quantitative estimate of drug-likeness (QED) is 0.736. The van der Waals surface area contributed by atoms with Crippen LogP contribution in [0.1, 0.15) is 0 Å². The minimum Gasteiger partial charge on any atom is -0.494 e. The van der Waals surface area contributed by atoms with Crippen LogP contribution in [0.3, 0.4) is 0 Å². The van der Waals surface area contributed by atoms with Gasteiger partial charge in [0.1, 0.15) is 17.2 Å². The summed E-state index contributed by atoms with van der Waals surface area (Å²) >= 11 is 0. The van der Waals surface area contributed by atoms with Crippen molar-refractivity contribution in [2.45, 2.75) is 0 Å². The third-order valence-corrected chi connectivity index (χ3v) is 3.02. The largest absolute Gasteiger partial charge is 0.494 e. The van der Waals surface area contributed by atoms with Gasteiger partial charge in [0.2, 0.25) is 0 Å². The maximum absolute atomic E-state index is 5.81. The fraction of sp³-hybridized carbons (Fsp3) is 0.0625. The van der Waals surface area contributed by atoms with Gasteiger partial charge in [0.05, 0.1) is 18.3 Å². The van der Waals surface area contributed by atoms with Gasteiger partial charge < -0.3 is 15.2 Å². The molecular formula is C16H14N2O2. The van der Waals surface area contributed by atoms with Crippen LogP contribution in [-0.2, 0) is 0 Å². The molecular weight excluding hydrogens is 252 g/mol. The second-order valence-corrected chi connectivity index (χ2v) is 4.36. The van der Waals surface area contributed by atoms with Crippen molar-refractivity contribution in [3.05, 3.63) is 54.7 Å². The first-order chi connectivity index (χ1) is 9.76. The average molecular weight is 266 g/mol. The summed E-state index contributed by atoms with van der Waals surface area (Å²) in [7, 11) is 1.58. The molecule has 0 bridgehead atoms. The number of pyridine rings is 1. The first-order valence-electron chi connectivity index (χ1n) is 6.22. The van der Waals surface area contributed by atoms with Gasteiger partial charge in [0.15, 0.2) is 0 Å². The zero-order chi connectivity index (χ0) is 13.9. The van der Waals surface area contributed by atoms with Crippen molar-refractivity contribution in [2.75, 3.05) is 12.8 Å². The van der Waals surface area contributed by atoms with E-state index in [9.17, 15) is 0 Å². The van der Waals surface area contributed by atoms with Crippen LogP contribution in [0.25, 0.3) is 10.9 Å². The summed E-state index contributed by atoms with van der Waals surface area (Å²) in [6, 6.07) is 15.0. The molecule has 3 rings (SSSR count). The molecule has 0 amide bonds. The number of nitrogen functional groups attached to an aromatic ring is 1. The molecule has 1 heterocycles. The number of fused-ring (bicyclic) bond motifs is 1. The maximum Gasteiger partial charge on any atom is 0.145 e. The highest BCUT2D eigenvalue weighted by molar-refractivity contribution is 5.79. The molecule has 100 valence electrons. The number of nitrogens with zero attached hydrogens (tertiary/aromatic N) is 1. The van der Waals surface area contributed by atoms with E-state index in [0.717, 1.165) is 16.7 Å². The van der Waals surface area contributed by atoms with E-state index in [1.54, 1.807) is 31.5 Å². The number of hydrogen-bond donors (Lipinski definition) is 1. The lowest BCUT2D eigenvalue weighted by molar-refractivity contribution is 0.411. The second kappa shape index (κ2) is 5.09. The minimum absolute atomic E-state index is 0.583. The number of aromatic nitrogens is 1. The van der Waals surface area contributed by atoms with E-state index < -0.39 is 0 Å². The molecule has 0 unspecified atom stereocenters. The lowest BCUT2D eigenvalue weighted by Gasteiger charge is -2.09. The maximum atomic E-state index is 5.81. The monoisotopic (exact) mass is 266 g/mol. The number of benzene rings is 2. The molecule has 0 spiro atoms. The SMILES string of the molecule is COc1cc(Oc2ccc3cccnc3c2)ccc1N. The van der Waals surface area contributed by atoms with Gasteiger partial charge in [-0.1, -0.05) is 6.07 Å². The van der Waals surface area contributed by atoms with Gasteiger partial charge in [0.25, 0.3) is 0 Å². The molecule has 20 heavy (non-hydrogen) atoms. The fourth-order valence-electron chi connectivity index (χ4n) is 2.00. The summed E-state index contributed by atoms with van der Waals surface area (Å²) in [6.45, 7) is 0. The highest BCUT2D eigenvalue weighted by atomic mass is 16.5. The molecule has 2 aromatic carbocycles. The van der Waals surface area contributed by atoms with Crippen molar-refractivity contribution in [3.8, 4) is 17.2 Å². The predicted octanol–water partition coefficient (Wildman–Crippen LogP) is 3.62. The molecule has 0 aliphatic rings. The Hall–Kier alpha value is -2.75. The van der Waals surface area contributed by atoms with Gasteiger partial charge in [-0.25, -0.2) is 0 Å². The Kier molecular flexibility index (Phi) is 3.13. The van der Waals surface area contributed by atoms with Crippen LogP contribution in [0.15, 0.2) is 54.7 Å². The minimum atomic E-state index is 0.583. The molecule has 4 nitrogen and oxygen atoms in total. The molecule has 0 saturated heterocycles. The Morgan fingerprint density at radius 2 is 1.80 bits per heavy atom. The third-order valence-electron chi connectivity index (χ3n) is 3.02. The van der Waals surface area contributed by atoms with E-state index in [1.165, 1.54) is 0 Å². The zero-order valence-corrected chi connectivity index (χ0v) is 11.0. The molecule has 0 aliphatic carbocycles. The molecule has 0 radical (unpaired) electrons. The molecule has 4 heteroatoms. The van der Waals surface area contributed by atoms with Crippen molar-refractivity contribution < 1.29 is 9.47 Å². The number of hydrogen-bond acceptors (Lipinski definition) is 4. The van der Waals surface area contributed by atoms with E-state index in [2.05, 4.69) is 4.98 Å². The van der Waals surface area contributed by atoms with Gasteiger partial charge in [-0.2, -0.15) is 0 Å². The third kappa shape index (κ3) is 2.36. The van der Waals surface area contributed by atoms with Gasteiger partial charge in [-0.3, -0.25) is 4.98 Å². The average Bonchev–Trinajstić information content (AvgIpc) is 2.49. The highest BCUT2D eigenvalue weighted by Crippen LogP contribution is 2.30. The van der Waals surface area contributed by atoms with Crippen molar-refractivity contribution >= 4 is 16.6 Å². The topological polar surface area (TPSA) is 57.4 Å². The zero-order valence-electron chi connectivity index (χ0n) is 11.0. The predicted molar refractivity (Wildman–Crippen MR) is 79.2 cm³/mol. The highest BCUT2D eigenvalue weighted by Gasteiger charge is 2.04. The summed E-state index contributed by atoms with van der Waals surface area (Å²) in [5, 5.41) is 1.08. The normalized spacial score (nSPS) is 10.4. The van der Waals surface area contributed by atoms with E-state index in [-0.39, 0.29) is 0 Å². The van der Waals surface area contributed by atoms with Gasteiger partial charge in [-0.15, -0.1) is 0 Å². The van der Waals surface area contributed by atoms with Gasteiger partial charge in [0, 0.05) is 23.7 Å². The molecule has 3 aromatic rings. The summed E-state index contributed by atoms with van der Waals surface area (Å²) in [5.41, 5.74) is 7.26. The molecule has 2 N–H and O–H groups in total. The first kappa shape index (κ1) is 12.3. The lowest BCUT2D eigenvalue weighted by atomic mass is 10.2. The standard InChI is InChI=1S/C16H14N2O2/c1-19-16-10-13(6-7-14(16)17)20-12-5-4-11-3-2-8-18-15(11)9-12/h2-10H,17H2,1H3. The fourth-order valence-corrected chi connectivity index (χ4v) is 2.00. The Labute approximate surface area is 116 Å². The van der Waals surface area contributed by atoms with Crippen molar-refractivity contribution in [1.29, 1.82) is 0 Å². The Morgan fingerprint density at radius 3 is 2.65 bits per heavy atom. The summed E-state index contributed by atoms with van der Waals surface area (Å²) in [4.78, 5) is 4.31. The van der Waals surface area contributed by atoms with E-state index in [4.69, 9.17) is 15.2 Å². The van der Waals surface area contributed by atoms with Crippen LogP contribution in [0.2, 0.25) is 0 Å². The van der Waals surface area contributed by atoms with Crippen LogP contribution in [-0.4, -0.2) is 12.1 Å². The lowest BCUT2D eigenvalue weighted by Crippen LogP contribution is -1.93. The van der Waals surface area contributed by atoms with Crippen molar-refractivity contribution in [1.82, 2.24) is 4.98 Å². The number of nitrogens with two attached hydrogens (primary N) is 1. The summed E-state index contributed by atoms with van der Waals surface area (Å²) < 4.78 is 11.0. The Morgan fingerprint density at radius 1 is 1.00 bits per heavy atom. The molecule has 0 saturated carbocycles.